The molecule has 1 heteroatoms. The smallest absolute Gasteiger partial charge is 0.150 e. The maximum Gasteiger partial charge on any atom is 0.150 e. The van der Waals surface area contributed by atoms with Crippen LogP contribution < -0.4 is 0 Å². The summed E-state index contributed by atoms with van der Waals surface area (Å²) in [5.41, 5.74) is 2.08. The highest BCUT2D eigenvalue weighted by Crippen LogP contribution is 2.63. The summed E-state index contributed by atoms with van der Waals surface area (Å²) in [7, 11) is 0. The van der Waals surface area contributed by atoms with E-state index in [0.717, 1.165) is 0 Å². The van der Waals surface area contributed by atoms with Crippen LogP contribution in [0.4, 0.5) is 0 Å². The molecular formula is C18H12O. The minimum Gasteiger partial charge on any atom is -0.344 e. The van der Waals surface area contributed by atoms with Crippen molar-refractivity contribution in [3.63, 3.8) is 0 Å². The molecule has 0 radical (unpaired) electrons. The average molecular weight is 244 g/mol. The highest BCUT2D eigenvalue weighted by Gasteiger charge is 2.69. The number of hydrogen-bond acceptors (Lipinski definition) is 1. The number of fused-ring (bicyclic) bond motifs is 2. The van der Waals surface area contributed by atoms with Crippen molar-refractivity contribution in [3.8, 4) is 0 Å². The maximum absolute atomic E-state index is 6.13. The lowest BCUT2D eigenvalue weighted by atomic mass is 9.76. The molecule has 3 aliphatic rings. The van der Waals surface area contributed by atoms with E-state index >= 15 is 0 Å². The van der Waals surface area contributed by atoms with Crippen molar-refractivity contribution >= 4 is 16.8 Å². The molecular weight excluding hydrogens is 232 g/mol. The molecule has 1 saturated heterocycles. The number of allylic oxidation sites excluding steroid dienone is 2. The van der Waals surface area contributed by atoms with E-state index in [1.54, 1.807) is 0 Å². The third-order valence-electron chi connectivity index (χ3n) is 4.48. The van der Waals surface area contributed by atoms with Gasteiger partial charge in [-0.1, -0.05) is 42.5 Å². The van der Waals surface area contributed by atoms with Crippen molar-refractivity contribution in [2.45, 2.75) is 11.2 Å². The standard InChI is InChI=1S/C18H12O/c1-2-6-14-12-16-15(11-13(14)5-1)7-10-17-8-3-4-9-18(16,17)19-17/h1-12H. The molecule has 1 fully saturated rings. The fraction of sp³-hybridized carbons (Fsp3) is 0.111. The van der Waals surface area contributed by atoms with Gasteiger partial charge in [0.2, 0.25) is 0 Å². The zero-order chi connectivity index (χ0) is 12.5. The SMILES string of the molecule is C1=CC23C=Cc4cc5ccccc5cc4C2(C=C1)O3. The van der Waals surface area contributed by atoms with Crippen LogP contribution in [-0.2, 0) is 10.3 Å². The molecule has 1 nitrogen and oxygen atoms in total. The lowest BCUT2D eigenvalue weighted by Crippen LogP contribution is -2.23. The van der Waals surface area contributed by atoms with Gasteiger partial charge in [-0.3, -0.25) is 0 Å². The second-order valence-electron chi connectivity index (χ2n) is 5.47. The number of rotatable bonds is 0. The first-order valence-corrected chi connectivity index (χ1v) is 6.63. The Morgan fingerprint density at radius 2 is 1.63 bits per heavy atom. The molecule has 0 saturated carbocycles. The zero-order valence-electron chi connectivity index (χ0n) is 10.3. The van der Waals surface area contributed by atoms with Crippen LogP contribution in [0.3, 0.4) is 0 Å². The fourth-order valence-corrected chi connectivity index (χ4v) is 3.45. The third kappa shape index (κ3) is 1.02. The predicted octanol–water partition coefficient (Wildman–Crippen LogP) is 3.96. The second-order valence-corrected chi connectivity index (χ2v) is 5.47. The lowest BCUT2D eigenvalue weighted by Gasteiger charge is -2.21. The summed E-state index contributed by atoms with van der Waals surface area (Å²) < 4.78 is 6.13. The number of benzene rings is 2. The second kappa shape index (κ2) is 2.89. The molecule has 2 atom stereocenters. The maximum atomic E-state index is 6.13. The van der Waals surface area contributed by atoms with Gasteiger partial charge in [0.05, 0.1) is 0 Å². The van der Waals surface area contributed by atoms with E-state index in [1.807, 2.05) is 0 Å². The molecule has 90 valence electrons. The molecule has 0 N–H and O–H groups in total. The zero-order valence-corrected chi connectivity index (χ0v) is 10.3. The molecule has 2 aromatic carbocycles. The number of ether oxygens (including phenoxy) is 1. The Balaban J connectivity index is 1.86. The Labute approximate surface area is 111 Å². The van der Waals surface area contributed by atoms with E-state index < -0.39 is 0 Å². The largest absolute Gasteiger partial charge is 0.344 e. The number of epoxide rings is 1. The molecule has 0 bridgehead atoms. The summed E-state index contributed by atoms with van der Waals surface area (Å²) in [6.45, 7) is 0. The Morgan fingerprint density at radius 1 is 0.842 bits per heavy atom. The van der Waals surface area contributed by atoms with E-state index in [0.29, 0.717) is 0 Å². The van der Waals surface area contributed by atoms with Crippen LogP contribution in [-0.4, -0.2) is 5.60 Å². The average Bonchev–Trinajstić information content (AvgIpc) is 3.16. The van der Waals surface area contributed by atoms with Crippen molar-refractivity contribution in [1.82, 2.24) is 0 Å². The van der Waals surface area contributed by atoms with Crippen LogP contribution in [0.2, 0.25) is 0 Å². The molecule has 0 aromatic heterocycles. The van der Waals surface area contributed by atoms with Crippen LogP contribution in [0.25, 0.3) is 16.8 Å². The summed E-state index contributed by atoms with van der Waals surface area (Å²) in [5, 5.41) is 2.56. The first-order valence-electron chi connectivity index (χ1n) is 6.63. The predicted molar refractivity (Wildman–Crippen MR) is 76.8 cm³/mol. The summed E-state index contributed by atoms with van der Waals surface area (Å²) in [6, 6.07) is 13.0. The number of hydrogen-bond donors (Lipinski definition) is 0. The minimum absolute atomic E-state index is 0.225. The molecule has 0 amide bonds. The molecule has 0 spiro atoms. The Bertz CT molecular complexity index is 812. The summed E-state index contributed by atoms with van der Waals surface area (Å²) in [6.07, 6.45) is 12.9. The Kier molecular flexibility index (Phi) is 1.49. The normalized spacial score (nSPS) is 32.8. The van der Waals surface area contributed by atoms with Gasteiger partial charge >= 0.3 is 0 Å². The van der Waals surface area contributed by atoms with Crippen LogP contribution in [0, 0.1) is 0 Å². The first kappa shape index (κ1) is 9.76. The highest BCUT2D eigenvalue weighted by atomic mass is 16.6. The van der Waals surface area contributed by atoms with Gasteiger partial charge in [-0.25, -0.2) is 0 Å². The quantitative estimate of drug-likeness (QED) is 0.639. The van der Waals surface area contributed by atoms with E-state index in [1.165, 1.54) is 21.9 Å². The van der Waals surface area contributed by atoms with Crippen LogP contribution >= 0.6 is 0 Å². The van der Waals surface area contributed by atoms with Gasteiger partial charge in [-0.05, 0) is 52.3 Å². The van der Waals surface area contributed by atoms with Gasteiger partial charge in [0.15, 0.2) is 5.60 Å². The van der Waals surface area contributed by atoms with Gasteiger partial charge in [0.1, 0.15) is 5.60 Å². The molecule has 2 unspecified atom stereocenters. The van der Waals surface area contributed by atoms with E-state index in [9.17, 15) is 0 Å². The molecule has 19 heavy (non-hydrogen) atoms. The fourth-order valence-electron chi connectivity index (χ4n) is 3.45. The van der Waals surface area contributed by atoms with Crippen LogP contribution in [0.5, 0.6) is 0 Å². The summed E-state index contributed by atoms with van der Waals surface area (Å²) in [5.74, 6) is 0. The molecule has 5 rings (SSSR count). The third-order valence-corrected chi connectivity index (χ3v) is 4.48. The Morgan fingerprint density at radius 3 is 2.53 bits per heavy atom. The van der Waals surface area contributed by atoms with Crippen molar-refractivity contribution in [2.75, 3.05) is 0 Å². The van der Waals surface area contributed by atoms with E-state index in [4.69, 9.17) is 4.74 Å². The van der Waals surface area contributed by atoms with Crippen LogP contribution in [0.1, 0.15) is 11.1 Å². The van der Waals surface area contributed by atoms with Gasteiger partial charge in [-0.2, -0.15) is 0 Å². The monoisotopic (exact) mass is 244 g/mol. The summed E-state index contributed by atoms with van der Waals surface area (Å²) >= 11 is 0. The van der Waals surface area contributed by atoms with Crippen molar-refractivity contribution in [2.24, 2.45) is 0 Å². The van der Waals surface area contributed by atoms with Crippen molar-refractivity contribution in [1.29, 1.82) is 0 Å². The van der Waals surface area contributed by atoms with E-state index in [2.05, 4.69) is 72.9 Å². The molecule has 2 aromatic rings. The minimum atomic E-state index is -0.254. The van der Waals surface area contributed by atoms with Gasteiger partial charge in [0.25, 0.3) is 0 Å². The lowest BCUT2D eigenvalue weighted by molar-refractivity contribution is 0.328. The molecule has 1 heterocycles. The molecule has 1 aliphatic heterocycles. The van der Waals surface area contributed by atoms with Gasteiger partial charge < -0.3 is 4.74 Å². The highest BCUT2D eigenvalue weighted by molar-refractivity contribution is 5.88. The topological polar surface area (TPSA) is 12.5 Å². The first-order chi connectivity index (χ1) is 9.33. The Hall–Kier alpha value is -2.12. The van der Waals surface area contributed by atoms with Crippen molar-refractivity contribution in [3.05, 3.63) is 77.9 Å². The van der Waals surface area contributed by atoms with Crippen LogP contribution in [0.15, 0.2) is 66.8 Å². The van der Waals surface area contributed by atoms with E-state index in [-0.39, 0.29) is 11.2 Å². The van der Waals surface area contributed by atoms with Gasteiger partial charge in [-0.15, -0.1) is 0 Å². The van der Waals surface area contributed by atoms with Gasteiger partial charge in [0, 0.05) is 0 Å². The summed E-state index contributed by atoms with van der Waals surface area (Å²) in [4.78, 5) is 0. The molecule has 2 aliphatic carbocycles. The van der Waals surface area contributed by atoms with Crippen molar-refractivity contribution < 1.29 is 4.74 Å².